The second-order valence-electron chi connectivity index (χ2n) is 4.50. The van der Waals surface area contributed by atoms with Crippen LogP contribution >= 0.6 is 0 Å². The molecule has 0 aromatic heterocycles. The topological polar surface area (TPSA) is 87.2 Å². The van der Waals surface area contributed by atoms with Crippen molar-refractivity contribution in [1.82, 2.24) is 4.31 Å². The molecule has 1 heterocycles. The zero-order valence-electron chi connectivity index (χ0n) is 10.1. The SMILES string of the molecule is Cc1ccc(C#N)cc1S(=O)(=O)N1CCC(N)C1. The molecule has 0 spiro atoms. The van der Waals surface area contributed by atoms with Gasteiger partial charge in [-0.1, -0.05) is 6.07 Å². The Morgan fingerprint density at radius 2 is 2.22 bits per heavy atom. The molecule has 1 saturated heterocycles. The Labute approximate surface area is 107 Å². The van der Waals surface area contributed by atoms with Crippen molar-refractivity contribution in [2.45, 2.75) is 24.3 Å². The van der Waals surface area contributed by atoms with Gasteiger partial charge in [0.1, 0.15) is 0 Å². The molecule has 0 bridgehead atoms. The van der Waals surface area contributed by atoms with Crippen molar-refractivity contribution in [1.29, 1.82) is 5.26 Å². The van der Waals surface area contributed by atoms with E-state index in [1.807, 2.05) is 6.07 Å². The van der Waals surface area contributed by atoms with Crippen LogP contribution in [0, 0.1) is 18.3 Å². The van der Waals surface area contributed by atoms with Gasteiger partial charge in [-0.15, -0.1) is 0 Å². The Hall–Kier alpha value is -1.42. The van der Waals surface area contributed by atoms with Gasteiger partial charge in [0.25, 0.3) is 0 Å². The average molecular weight is 265 g/mol. The van der Waals surface area contributed by atoms with Gasteiger partial charge in [-0.3, -0.25) is 0 Å². The molecule has 6 heteroatoms. The van der Waals surface area contributed by atoms with Crippen molar-refractivity contribution in [2.75, 3.05) is 13.1 Å². The fourth-order valence-corrected chi connectivity index (χ4v) is 3.82. The van der Waals surface area contributed by atoms with Gasteiger partial charge in [-0.2, -0.15) is 9.57 Å². The Morgan fingerprint density at radius 3 is 2.78 bits per heavy atom. The van der Waals surface area contributed by atoms with Crippen LogP contribution in [0.25, 0.3) is 0 Å². The Morgan fingerprint density at radius 1 is 1.50 bits per heavy atom. The zero-order chi connectivity index (χ0) is 13.3. The predicted molar refractivity (Wildman–Crippen MR) is 67.2 cm³/mol. The molecule has 2 rings (SSSR count). The molecule has 5 nitrogen and oxygen atoms in total. The third-order valence-corrected chi connectivity index (χ3v) is 5.13. The number of nitrogens with zero attached hydrogens (tertiary/aromatic N) is 2. The van der Waals surface area contributed by atoms with Crippen LogP contribution < -0.4 is 5.73 Å². The second-order valence-corrected chi connectivity index (χ2v) is 6.41. The van der Waals surface area contributed by atoms with E-state index in [9.17, 15) is 8.42 Å². The maximum Gasteiger partial charge on any atom is 0.243 e. The molecule has 1 aliphatic rings. The molecule has 0 amide bonds. The van der Waals surface area contributed by atoms with Crippen molar-refractivity contribution in [3.8, 4) is 6.07 Å². The van der Waals surface area contributed by atoms with Crippen molar-refractivity contribution < 1.29 is 8.42 Å². The molecule has 1 aliphatic heterocycles. The molecule has 1 fully saturated rings. The lowest BCUT2D eigenvalue weighted by atomic mass is 10.2. The number of rotatable bonds is 2. The van der Waals surface area contributed by atoms with Gasteiger partial charge in [0, 0.05) is 19.1 Å². The standard InChI is InChI=1S/C12H15N3O2S/c1-9-2-3-10(7-13)6-12(9)18(16,17)15-5-4-11(14)8-15/h2-3,6,11H,4-5,8,14H2,1H3. The second kappa shape index (κ2) is 4.69. The van der Waals surface area contributed by atoms with E-state index >= 15 is 0 Å². The Kier molecular flexibility index (Phi) is 3.39. The maximum absolute atomic E-state index is 12.4. The quantitative estimate of drug-likeness (QED) is 0.847. The summed E-state index contributed by atoms with van der Waals surface area (Å²) in [5, 5.41) is 8.85. The summed E-state index contributed by atoms with van der Waals surface area (Å²) in [6.45, 7) is 2.52. The van der Waals surface area contributed by atoms with Crippen molar-refractivity contribution >= 4 is 10.0 Å². The van der Waals surface area contributed by atoms with Crippen molar-refractivity contribution in [2.24, 2.45) is 5.73 Å². The molecular formula is C12H15N3O2S. The summed E-state index contributed by atoms with van der Waals surface area (Å²) in [5.74, 6) is 0. The molecule has 0 saturated carbocycles. The smallest absolute Gasteiger partial charge is 0.243 e. The van der Waals surface area contributed by atoms with Crippen LogP contribution in [-0.2, 0) is 10.0 Å². The highest BCUT2D eigenvalue weighted by atomic mass is 32.2. The monoisotopic (exact) mass is 265 g/mol. The summed E-state index contributed by atoms with van der Waals surface area (Å²) in [4.78, 5) is 0.204. The summed E-state index contributed by atoms with van der Waals surface area (Å²) in [6, 6.07) is 6.55. The van der Waals surface area contributed by atoms with E-state index in [0.29, 0.717) is 30.6 Å². The lowest BCUT2D eigenvalue weighted by Gasteiger charge is -2.17. The first-order chi connectivity index (χ1) is 8.45. The molecule has 96 valence electrons. The van der Waals surface area contributed by atoms with Gasteiger partial charge in [0.05, 0.1) is 16.5 Å². The Balaban J connectivity index is 2.45. The molecular weight excluding hydrogens is 250 g/mol. The third kappa shape index (κ3) is 2.25. The number of hydrogen-bond acceptors (Lipinski definition) is 4. The summed E-state index contributed by atoms with van der Waals surface area (Å²) in [5.41, 5.74) is 6.73. The van der Waals surface area contributed by atoms with Crippen LogP contribution in [-0.4, -0.2) is 31.9 Å². The first-order valence-electron chi connectivity index (χ1n) is 5.71. The highest BCUT2D eigenvalue weighted by molar-refractivity contribution is 7.89. The first kappa shape index (κ1) is 13.0. The van der Waals surface area contributed by atoms with E-state index in [1.54, 1.807) is 19.1 Å². The molecule has 2 N–H and O–H groups in total. The molecule has 0 aliphatic carbocycles. The van der Waals surface area contributed by atoms with Gasteiger partial charge in [-0.05, 0) is 31.0 Å². The lowest BCUT2D eigenvalue weighted by Crippen LogP contribution is -2.32. The molecule has 1 aromatic carbocycles. The fraction of sp³-hybridized carbons (Fsp3) is 0.417. The number of nitriles is 1. The van der Waals surface area contributed by atoms with E-state index in [1.165, 1.54) is 10.4 Å². The highest BCUT2D eigenvalue weighted by Gasteiger charge is 2.31. The lowest BCUT2D eigenvalue weighted by molar-refractivity contribution is 0.472. The predicted octanol–water partition coefficient (Wildman–Crippen LogP) is 0.588. The van der Waals surface area contributed by atoms with Crippen molar-refractivity contribution in [3.05, 3.63) is 29.3 Å². The van der Waals surface area contributed by atoms with Crippen LogP contribution in [0.1, 0.15) is 17.5 Å². The van der Waals surface area contributed by atoms with Crippen LogP contribution in [0.4, 0.5) is 0 Å². The van der Waals surface area contributed by atoms with E-state index in [0.717, 1.165) is 0 Å². The number of aryl methyl sites for hydroxylation is 1. The van der Waals surface area contributed by atoms with E-state index in [4.69, 9.17) is 11.0 Å². The largest absolute Gasteiger partial charge is 0.326 e. The number of benzene rings is 1. The molecule has 1 aromatic rings. The van der Waals surface area contributed by atoms with Crippen LogP contribution in [0.15, 0.2) is 23.1 Å². The van der Waals surface area contributed by atoms with Gasteiger partial charge < -0.3 is 5.73 Å². The van der Waals surface area contributed by atoms with E-state index in [2.05, 4.69) is 0 Å². The third-order valence-electron chi connectivity index (χ3n) is 3.12. The molecule has 1 atom stereocenters. The summed E-state index contributed by atoms with van der Waals surface area (Å²) < 4.78 is 26.2. The summed E-state index contributed by atoms with van der Waals surface area (Å²) >= 11 is 0. The number of sulfonamides is 1. The first-order valence-corrected chi connectivity index (χ1v) is 7.15. The average Bonchev–Trinajstić information content (AvgIpc) is 2.77. The van der Waals surface area contributed by atoms with Crippen LogP contribution in [0.5, 0.6) is 0 Å². The normalized spacial score (nSPS) is 20.8. The highest BCUT2D eigenvalue weighted by Crippen LogP contribution is 2.24. The maximum atomic E-state index is 12.4. The number of nitrogens with two attached hydrogens (primary N) is 1. The minimum absolute atomic E-state index is 0.0979. The Bertz CT molecular complexity index is 604. The van der Waals surface area contributed by atoms with Crippen LogP contribution in [0.2, 0.25) is 0 Å². The van der Waals surface area contributed by atoms with Gasteiger partial charge in [0.15, 0.2) is 0 Å². The zero-order valence-corrected chi connectivity index (χ0v) is 10.9. The van der Waals surface area contributed by atoms with E-state index < -0.39 is 10.0 Å². The minimum atomic E-state index is -3.53. The summed E-state index contributed by atoms with van der Waals surface area (Å²) in [6.07, 6.45) is 0.677. The van der Waals surface area contributed by atoms with Crippen molar-refractivity contribution in [3.63, 3.8) is 0 Å². The number of hydrogen-bond donors (Lipinski definition) is 1. The van der Waals surface area contributed by atoms with Gasteiger partial charge in [-0.25, -0.2) is 8.42 Å². The fourth-order valence-electron chi connectivity index (χ4n) is 2.06. The van der Waals surface area contributed by atoms with Crippen LogP contribution in [0.3, 0.4) is 0 Å². The van der Waals surface area contributed by atoms with Gasteiger partial charge >= 0.3 is 0 Å². The summed E-state index contributed by atoms with van der Waals surface area (Å²) in [7, 11) is -3.53. The molecule has 18 heavy (non-hydrogen) atoms. The van der Waals surface area contributed by atoms with Gasteiger partial charge in [0.2, 0.25) is 10.0 Å². The van der Waals surface area contributed by atoms with E-state index in [-0.39, 0.29) is 10.9 Å². The minimum Gasteiger partial charge on any atom is -0.326 e. The molecule has 1 unspecified atom stereocenters. The molecule has 0 radical (unpaired) electrons.